The third-order valence-electron chi connectivity index (χ3n) is 3.99. The monoisotopic (exact) mass is 314 g/mol. The topological polar surface area (TPSA) is 59.4 Å². The third-order valence-corrected chi connectivity index (χ3v) is 3.99. The number of rotatable bonds is 4. The number of benzene rings is 1. The Kier molecular flexibility index (Phi) is 4.92. The van der Waals surface area contributed by atoms with Gasteiger partial charge >= 0.3 is 6.03 Å². The van der Waals surface area contributed by atoms with Crippen molar-refractivity contribution in [1.82, 2.24) is 14.7 Å². The fourth-order valence-corrected chi connectivity index (χ4v) is 2.68. The average molecular weight is 314 g/mol. The van der Waals surface area contributed by atoms with E-state index in [1.54, 1.807) is 22.8 Å². The van der Waals surface area contributed by atoms with Gasteiger partial charge in [-0.3, -0.25) is 0 Å². The normalized spacial score (nSPS) is 17.7. The number of aromatic nitrogens is 2. The number of anilines is 1. The molecule has 0 spiro atoms. The molecule has 1 aromatic carbocycles. The number of urea groups is 1. The van der Waals surface area contributed by atoms with Gasteiger partial charge in [0, 0.05) is 38.3 Å². The largest absolute Gasteiger partial charge is 0.376 e. The van der Waals surface area contributed by atoms with E-state index in [-0.39, 0.29) is 12.1 Å². The number of hydrogen-bond acceptors (Lipinski definition) is 3. The van der Waals surface area contributed by atoms with Crippen LogP contribution in [0.3, 0.4) is 0 Å². The van der Waals surface area contributed by atoms with Gasteiger partial charge in [0.1, 0.15) is 0 Å². The van der Waals surface area contributed by atoms with Crippen LogP contribution in [0.15, 0.2) is 42.7 Å². The smallest absolute Gasteiger partial charge is 0.321 e. The van der Waals surface area contributed by atoms with Gasteiger partial charge in [-0.1, -0.05) is 0 Å². The molecule has 1 aliphatic heterocycles. The molecule has 1 saturated heterocycles. The van der Waals surface area contributed by atoms with E-state index in [0.717, 1.165) is 30.8 Å². The molecule has 23 heavy (non-hydrogen) atoms. The van der Waals surface area contributed by atoms with Gasteiger partial charge in [-0.2, -0.15) is 5.10 Å². The van der Waals surface area contributed by atoms with E-state index < -0.39 is 0 Å². The summed E-state index contributed by atoms with van der Waals surface area (Å²) in [6, 6.07) is 9.35. The highest BCUT2D eigenvalue weighted by atomic mass is 16.5. The van der Waals surface area contributed by atoms with Gasteiger partial charge in [-0.15, -0.1) is 0 Å². The van der Waals surface area contributed by atoms with E-state index in [1.165, 1.54) is 6.42 Å². The molecular weight excluding hydrogens is 292 g/mol. The van der Waals surface area contributed by atoms with Crippen molar-refractivity contribution in [2.75, 3.05) is 25.5 Å². The second-order valence-corrected chi connectivity index (χ2v) is 5.80. The van der Waals surface area contributed by atoms with Crippen LogP contribution in [0.2, 0.25) is 0 Å². The zero-order valence-corrected chi connectivity index (χ0v) is 13.3. The van der Waals surface area contributed by atoms with Crippen molar-refractivity contribution in [3.8, 4) is 5.69 Å². The molecule has 6 heteroatoms. The lowest BCUT2D eigenvalue weighted by atomic mass is 10.1. The highest BCUT2D eigenvalue weighted by Crippen LogP contribution is 2.15. The van der Waals surface area contributed by atoms with E-state index in [4.69, 9.17) is 4.74 Å². The zero-order valence-electron chi connectivity index (χ0n) is 13.3. The first-order chi connectivity index (χ1) is 11.2. The van der Waals surface area contributed by atoms with Crippen LogP contribution in [0, 0.1) is 0 Å². The first-order valence-corrected chi connectivity index (χ1v) is 7.96. The van der Waals surface area contributed by atoms with E-state index in [1.807, 2.05) is 36.5 Å². The molecule has 0 bridgehead atoms. The van der Waals surface area contributed by atoms with Gasteiger partial charge in [0.15, 0.2) is 0 Å². The average Bonchev–Trinajstić information content (AvgIpc) is 3.11. The molecule has 1 atom stereocenters. The van der Waals surface area contributed by atoms with Gasteiger partial charge in [0.2, 0.25) is 0 Å². The Balaban J connectivity index is 1.54. The molecule has 2 heterocycles. The number of ether oxygens (including phenoxy) is 1. The van der Waals surface area contributed by atoms with Crippen molar-refractivity contribution in [1.29, 1.82) is 0 Å². The van der Waals surface area contributed by atoms with Gasteiger partial charge in [0.25, 0.3) is 0 Å². The molecule has 1 aromatic heterocycles. The summed E-state index contributed by atoms with van der Waals surface area (Å²) in [5, 5.41) is 7.08. The predicted octanol–water partition coefficient (Wildman–Crippen LogP) is 2.91. The maximum atomic E-state index is 12.2. The van der Waals surface area contributed by atoms with Gasteiger partial charge in [0.05, 0.1) is 11.8 Å². The Labute approximate surface area is 136 Å². The number of carbonyl (C=O) groups is 1. The fraction of sp³-hybridized carbons (Fsp3) is 0.412. The van der Waals surface area contributed by atoms with Crippen LogP contribution in [-0.4, -0.2) is 47.0 Å². The number of hydrogen-bond donors (Lipinski definition) is 1. The van der Waals surface area contributed by atoms with Crippen LogP contribution < -0.4 is 5.32 Å². The van der Waals surface area contributed by atoms with Crippen LogP contribution >= 0.6 is 0 Å². The predicted molar refractivity (Wildman–Crippen MR) is 88.8 cm³/mol. The van der Waals surface area contributed by atoms with Crippen molar-refractivity contribution in [2.24, 2.45) is 0 Å². The van der Waals surface area contributed by atoms with Crippen LogP contribution in [0.4, 0.5) is 10.5 Å². The van der Waals surface area contributed by atoms with Crippen molar-refractivity contribution >= 4 is 11.7 Å². The summed E-state index contributed by atoms with van der Waals surface area (Å²) in [5.41, 5.74) is 1.72. The summed E-state index contributed by atoms with van der Waals surface area (Å²) in [7, 11) is 1.80. The summed E-state index contributed by atoms with van der Waals surface area (Å²) < 4.78 is 7.45. The Morgan fingerprint density at radius 1 is 1.39 bits per heavy atom. The minimum atomic E-state index is -0.119. The highest BCUT2D eigenvalue weighted by Gasteiger charge is 2.18. The summed E-state index contributed by atoms with van der Waals surface area (Å²) in [4.78, 5) is 13.9. The Morgan fingerprint density at radius 3 is 2.87 bits per heavy atom. The van der Waals surface area contributed by atoms with E-state index in [2.05, 4.69) is 10.4 Å². The van der Waals surface area contributed by atoms with Crippen molar-refractivity contribution in [2.45, 2.75) is 25.4 Å². The van der Waals surface area contributed by atoms with E-state index in [0.29, 0.717) is 6.54 Å². The minimum Gasteiger partial charge on any atom is -0.376 e. The lowest BCUT2D eigenvalue weighted by Gasteiger charge is -2.27. The molecule has 0 aliphatic carbocycles. The summed E-state index contributed by atoms with van der Waals surface area (Å²) in [6.45, 7) is 1.42. The van der Waals surface area contributed by atoms with Crippen LogP contribution in [0.1, 0.15) is 19.3 Å². The second kappa shape index (κ2) is 7.28. The first-order valence-electron chi connectivity index (χ1n) is 7.96. The maximum Gasteiger partial charge on any atom is 0.321 e. The van der Waals surface area contributed by atoms with Crippen molar-refractivity contribution in [3.05, 3.63) is 42.7 Å². The summed E-state index contributed by atoms with van der Waals surface area (Å²) in [6.07, 6.45) is 7.09. The van der Waals surface area contributed by atoms with E-state index in [9.17, 15) is 4.79 Å². The number of amides is 2. The molecule has 122 valence electrons. The maximum absolute atomic E-state index is 12.2. The quantitative estimate of drug-likeness (QED) is 0.944. The highest BCUT2D eigenvalue weighted by molar-refractivity contribution is 5.89. The Morgan fingerprint density at radius 2 is 2.22 bits per heavy atom. The van der Waals surface area contributed by atoms with Gasteiger partial charge in [-0.05, 0) is 49.6 Å². The molecule has 1 aliphatic rings. The van der Waals surface area contributed by atoms with Crippen molar-refractivity contribution in [3.63, 3.8) is 0 Å². The second-order valence-electron chi connectivity index (χ2n) is 5.80. The summed E-state index contributed by atoms with van der Waals surface area (Å²) >= 11 is 0. The van der Waals surface area contributed by atoms with Gasteiger partial charge in [-0.25, -0.2) is 9.48 Å². The molecule has 1 N–H and O–H groups in total. The molecule has 1 fully saturated rings. The third kappa shape index (κ3) is 4.10. The van der Waals surface area contributed by atoms with Crippen LogP contribution in [-0.2, 0) is 4.74 Å². The fourth-order valence-electron chi connectivity index (χ4n) is 2.68. The molecule has 0 radical (unpaired) electrons. The van der Waals surface area contributed by atoms with Crippen molar-refractivity contribution < 1.29 is 9.53 Å². The molecule has 0 unspecified atom stereocenters. The summed E-state index contributed by atoms with van der Waals surface area (Å²) in [5.74, 6) is 0. The van der Waals surface area contributed by atoms with Crippen LogP contribution in [0.25, 0.3) is 5.69 Å². The SMILES string of the molecule is CN(C[C@@H]1CCCCO1)C(=O)Nc1ccc(-n2cccn2)cc1. The Bertz CT molecular complexity index is 619. The first kappa shape index (κ1) is 15.6. The standard InChI is InChI=1S/C17H22N4O2/c1-20(13-16-5-2-3-12-23-16)17(22)19-14-6-8-15(9-7-14)21-11-4-10-18-21/h4,6-11,16H,2-3,5,12-13H2,1H3,(H,19,22)/t16-/m0/s1. The minimum absolute atomic E-state index is 0.119. The molecule has 0 saturated carbocycles. The number of nitrogens with zero attached hydrogens (tertiary/aromatic N) is 3. The van der Waals surface area contributed by atoms with Gasteiger partial charge < -0.3 is 15.0 Å². The number of carbonyl (C=O) groups excluding carboxylic acids is 1. The molecule has 2 aromatic rings. The molecule has 6 nitrogen and oxygen atoms in total. The van der Waals surface area contributed by atoms with E-state index >= 15 is 0 Å². The zero-order chi connectivity index (χ0) is 16.1. The lowest BCUT2D eigenvalue weighted by molar-refractivity contribution is 0.00463. The lowest BCUT2D eigenvalue weighted by Crippen LogP contribution is -2.39. The molecule has 2 amide bonds. The Hall–Kier alpha value is -2.34. The number of nitrogens with one attached hydrogen (secondary N) is 1. The number of likely N-dealkylation sites (N-methyl/N-ethyl adjacent to an activating group) is 1. The molecule has 3 rings (SSSR count). The molecular formula is C17H22N4O2. The van der Waals surface area contributed by atoms with Crippen LogP contribution in [0.5, 0.6) is 0 Å².